The SMILES string of the molecule is CCOc1cccc(Nc2ccnc3[nH]ccc23)c1. The van der Waals surface area contributed by atoms with Crippen molar-refractivity contribution in [3.63, 3.8) is 0 Å². The van der Waals surface area contributed by atoms with Crippen LogP contribution in [0.15, 0.2) is 48.8 Å². The lowest BCUT2D eigenvalue weighted by atomic mass is 10.2. The molecule has 2 aromatic heterocycles. The summed E-state index contributed by atoms with van der Waals surface area (Å²) in [5.74, 6) is 0.867. The highest BCUT2D eigenvalue weighted by Crippen LogP contribution is 2.26. The summed E-state index contributed by atoms with van der Waals surface area (Å²) in [7, 11) is 0. The van der Waals surface area contributed by atoms with Crippen LogP contribution >= 0.6 is 0 Å². The molecule has 0 unspecified atom stereocenters. The van der Waals surface area contributed by atoms with Crippen LogP contribution in [0.2, 0.25) is 0 Å². The third kappa shape index (κ3) is 2.38. The number of ether oxygens (including phenoxy) is 1. The lowest BCUT2D eigenvalue weighted by Gasteiger charge is -2.09. The summed E-state index contributed by atoms with van der Waals surface area (Å²) in [6.45, 7) is 2.65. The molecule has 2 heterocycles. The zero-order valence-electron chi connectivity index (χ0n) is 10.7. The third-order valence-corrected chi connectivity index (χ3v) is 2.88. The van der Waals surface area contributed by atoms with Crippen molar-refractivity contribution in [3.05, 3.63) is 48.8 Å². The van der Waals surface area contributed by atoms with Gasteiger partial charge in [-0.1, -0.05) is 6.07 Å². The highest BCUT2D eigenvalue weighted by Gasteiger charge is 2.03. The molecule has 4 heteroatoms. The zero-order chi connectivity index (χ0) is 13.1. The number of rotatable bonds is 4. The number of H-pyrrole nitrogens is 1. The molecule has 0 amide bonds. The van der Waals surface area contributed by atoms with Gasteiger partial charge in [-0.25, -0.2) is 4.98 Å². The predicted molar refractivity (Wildman–Crippen MR) is 77.0 cm³/mol. The molecule has 0 radical (unpaired) electrons. The van der Waals surface area contributed by atoms with E-state index < -0.39 is 0 Å². The normalized spacial score (nSPS) is 10.6. The molecule has 4 nitrogen and oxygen atoms in total. The van der Waals surface area contributed by atoms with E-state index in [-0.39, 0.29) is 0 Å². The largest absolute Gasteiger partial charge is 0.494 e. The molecule has 0 bridgehead atoms. The Hall–Kier alpha value is -2.49. The molecule has 3 rings (SSSR count). The van der Waals surface area contributed by atoms with Gasteiger partial charge in [0.2, 0.25) is 0 Å². The molecule has 0 saturated carbocycles. The van der Waals surface area contributed by atoms with Crippen LogP contribution in [0.5, 0.6) is 5.75 Å². The van der Waals surface area contributed by atoms with E-state index in [1.807, 2.05) is 49.5 Å². The maximum atomic E-state index is 5.50. The Kier molecular flexibility index (Phi) is 3.06. The maximum Gasteiger partial charge on any atom is 0.139 e. The van der Waals surface area contributed by atoms with Crippen molar-refractivity contribution in [2.75, 3.05) is 11.9 Å². The van der Waals surface area contributed by atoms with E-state index in [0.717, 1.165) is 28.2 Å². The van der Waals surface area contributed by atoms with E-state index in [9.17, 15) is 0 Å². The fraction of sp³-hybridized carbons (Fsp3) is 0.133. The Labute approximate surface area is 111 Å². The van der Waals surface area contributed by atoms with Crippen LogP contribution in [-0.2, 0) is 0 Å². The molecule has 3 aromatic rings. The lowest BCUT2D eigenvalue weighted by molar-refractivity contribution is 0.340. The summed E-state index contributed by atoms with van der Waals surface area (Å²) < 4.78 is 5.50. The first-order chi connectivity index (χ1) is 9.36. The van der Waals surface area contributed by atoms with Gasteiger partial charge in [-0.2, -0.15) is 0 Å². The first kappa shape index (κ1) is 11.6. The van der Waals surface area contributed by atoms with Crippen molar-refractivity contribution in [3.8, 4) is 5.75 Å². The van der Waals surface area contributed by atoms with Crippen molar-refractivity contribution >= 4 is 22.4 Å². The minimum absolute atomic E-state index is 0.667. The quantitative estimate of drug-likeness (QED) is 0.745. The van der Waals surface area contributed by atoms with Crippen molar-refractivity contribution in [1.82, 2.24) is 9.97 Å². The van der Waals surface area contributed by atoms with Crippen LogP contribution in [0, 0.1) is 0 Å². The molecule has 0 aliphatic heterocycles. The number of nitrogens with one attached hydrogen (secondary N) is 2. The second-order valence-corrected chi connectivity index (χ2v) is 4.18. The fourth-order valence-corrected chi connectivity index (χ4v) is 2.06. The Morgan fingerprint density at radius 3 is 3.11 bits per heavy atom. The highest BCUT2D eigenvalue weighted by molar-refractivity contribution is 5.91. The zero-order valence-corrected chi connectivity index (χ0v) is 10.7. The van der Waals surface area contributed by atoms with Gasteiger partial charge in [-0.3, -0.25) is 0 Å². The predicted octanol–water partition coefficient (Wildman–Crippen LogP) is 3.71. The number of anilines is 2. The van der Waals surface area contributed by atoms with Crippen molar-refractivity contribution < 1.29 is 4.74 Å². The Morgan fingerprint density at radius 2 is 2.21 bits per heavy atom. The number of aromatic nitrogens is 2. The molecule has 2 N–H and O–H groups in total. The number of hydrogen-bond donors (Lipinski definition) is 2. The molecule has 96 valence electrons. The molecular formula is C15H15N3O. The molecule has 0 aliphatic carbocycles. The Bertz CT molecular complexity index is 690. The first-order valence-electron chi connectivity index (χ1n) is 6.29. The molecule has 0 saturated heterocycles. The number of nitrogens with zero attached hydrogens (tertiary/aromatic N) is 1. The smallest absolute Gasteiger partial charge is 0.139 e. The minimum atomic E-state index is 0.667. The van der Waals surface area contributed by atoms with Gasteiger partial charge in [0.25, 0.3) is 0 Å². The summed E-state index contributed by atoms with van der Waals surface area (Å²) in [5.41, 5.74) is 2.91. The molecular weight excluding hydrogens is 238 g/mol. The number of pyridine rings is 1. The van der Waals surface area contributed by atoms with Gasteiger partial charge in [0.15, 0.2) is 0 Å². The summed E-state index contributed by atoms with van der Waals surface area (Å²) in [5, 5.41) is 4.47. The van der Waals surface area contributed by atoms with E-state index in [1.54, 1.807) is 6.20 Å². The van der Waals surface area contributed by atoms with Crippen molar-refractivity contribution in [1.29, 1.82) is 0 Å². The number of benzene rings is 1. The van der Waals surface area contributed by atoms with Crippen LogP contribution in [0.1, 0.15) is 6.92 Å². The average molecular weight is 253 g/mol. The van der Waals surface area contributed by atoms with Crippen LogP contribution in [-0.4, -0.2) is 16.6 Å². The van der Waals surface area contributed by atoms with Gasteiger partial charge in [0, 0.05) is 29.5 Å². The van der Waals surface area contributed by atoms with Crippen LogP contribution < -0.4 is 10.1 Å². The molecule has 0 spiro atoms. The number of aromatic amines is 1. The topological polar surface area (TPSA) is 49.9 Å². The maximum absolute atomic E-state index is 5.50. The Balaban J connectivity index is 1.92. The van der Waals surface area contributed by atoms with E-state index in [0.29, 0.717) is 6.61 Å². The third-order valence-electron chi connectivity index (χ3n) is 2.88. The van der Waals surface area contributed by atoms with Crippen molar-refractivity contribution in [2.24, 2.45) is 0 Å². The van der Waals surface area contributed by atoms with Crippen LogP contribution in [0.25, 0.3) is 11.0 Å². The fourth-order valence-electron chi connectivity index (χ4n) is 2.06. The van der Waals surface area contributed by atoms with Gasteiger partial charge in [0.05, 0.1) is 12.3 Å². The van der Waals surface area contributed by atoms with Crippen LogP contribution in [0.3, 0.4) is 0 Å². The summed E-state index contributed by atoms with van der Waals surface area (Å²) in [6, 6.07) is 11.9. The lowest BCUT2D eigenvalue weighted by Crippen LogP contribution is -1.94. The molecule has 0 atom stereocenters. The first-order valence-corrected chi connectivity index (χ1v) is 6.29. The summed E-state index contributed by atoms with van der Waals surface area (Å²) in [4.78, 5) is 7.37. The number of hydrogen-bond acceptors (Lipinski definition) is 3. The van der Waals surface area contributed by atoms with Crippen molar-refractivity contribution in [2.45, 2.75) is 6.92 Å². The van der Waals surface area contributed by atoms with E-state index in [2.05, 4.69) is 15.3 Å². The minimum Gasteiger partial charge on any atom is -0.494 e. The summed E-state index contributed by atoms with van der Waals surface area (Å²) >= 11 is 0. The highest BCUT2D eigenvalue weighted by atomic mass is 16.5. The summed E-state index contributed by atoms with van der Waals surface area (Å²) in [6.07, 6.45) is 3.67. The Morgan fingerprint density at radius 1 is 1.26 bits per heavy atom. The van der Waals surface area contributed by atoms with Gasteiger partial charge in [-0.05, 0) is 31.2 Å². The van der Waals surface area contributed by atoms with E-state index in [4.69, 9.17) is 4.74 Å². The molecule has 1 aromatic carbocycles. The van der Waals surface area contributed by atoms with E-state index >= 15 is 0 Å². The van der Waals surface area contributed by atoms with Gasteiger partial charge in [-0.15, -0.1) is 0 Å². The van der Waals surface area contributed by atoms with Gasteiger partial charge >= 0.3 is 0 Å². The van der Waals surface area contributed by atoms with Gasteiger partial charge in [0.1, 0.15) is 11.4 Å². The standard InChI is InChI=1S/C15H15N3O/c1-2-19-12-5-3-4-11(10-12)18-14-7-9-17-15-13(14)6-8-16-15/h3-10H,2H2,1H3,(H2,16,17,18). The molecule has 0 fully saturated rings. The van der Waals surface area contributed by atoms with Crippen LogP contribution in [0.4, 0.5) is 11.4 Å². The molecule has 0 aliphatic rings. The monoisotopic (exact) mass is 253 g/mol. The average Bonchev–Trinajstić information content (AvgIpc) is 2.89. The second-order valence-electron chi connectivity index (χ2n) is 4.18. The molecule has 19 heavy (non-hydrogen) atoms. The second kappa shape index (κ2) is 5.02. The van der Waals surface area contributed by atoms with Gasteiger partial charge < -0.3 is 15.0 Å². The van der Waals surface area contributed by atoms with E-state index in [1.165, 1.54) is 0 Å². The number of fused-ring (bicyclic) bond motifs is 1.